The second-order valence-electron chi connectivity index (χ2n) is 3.04. The SMILES string of the molecule is CCOP(=O)(Cc1cnc(N)cn1)OCC. The first-order valence-corrected chi connectivity index (χ1v) is 6.77. The van der Waals surface area contributed by atoms with Crippen molar-refractivity contribution in [1.29, 1.82) is 0 Å². The van der Waals surface area contributed by atoms with Gasteiger partial charge in [-0.1, -0.05) is 0 Å². The first kappa shape index (κ1) is 13.1. The average molecular weight is 245 g/mol. The van der Waals surface area contributed by atoms with Crippen LogP contribution in [0.1, 0.15) is 19.5 Å². The van der Waals surface area contributed by atoms with E-state index in [1.165, 1.54) is 12.4 Å². The molecule has 0 unspecified atom stereocenters. The van der Waals surface area contributed by atoms with Crippen LogP contribution in [0, 0.1) is 0 Å². The number of nitrogens with two attached hydrogens (primary N) is 1. The minimum Gasteiger partial charge on any atom is -0.382 e. The summed E-state index contributed by atoms with van der Waals surface area (Å²) in [5, 5.41) is 0. The number of aromatic nitrogens is 2. The Bertz CT molecular complexity index is 359. The quantitative estimate of drug-likeness (QED) is 0.769. The van der Waals surface area contributed by atoms with Gasteiger partial charge < -0.3 is 14.8 Å². The molecule has 0 fully saturated rings. The fourth-order valence-electron chi connectivity index (χ4n) is 1.17. The van der Waals surface area contributed by atoms with Crippen molar-refractivity contribution in [3.63, 3.8) is 0 Å². The maximum atomic E-state index is 12.1. The highest BCUT2D eigenvalue weighted by molar-refractivity contribution is 7.53. The third kappa shape index (κ3) is 3.89. The minimum atomic E-state index is -3.10. The summed E-state index contributed by atoms with van der Waals surface area (Å²) in [7, 11) is -3.10. The molecular formula is C9H16N3O3P. The minimum absolute atomic E-state index is 0.113. The van der Waals surface area contributed by atoms with E-state index in [4.69, 9.17) is 14.8 Å². The molecule has 0 spiro atoms. The molecule has 0 aliphatic heterocycles. The van der Waals surface area contributed by atoms with Crippen LogP contribution in [0.25, 0.3) is 0 Å². The van der Waals surface area contributed by atoms with E-state index in [9.17, 15) is 4.57 Å². The molecule has 0 saturated heterocycles. The lowest BCUT2D eigenvalue weighted by Crippen LogP contribution is -2.02. The van der Waals surface area contributed by atoms with E-state index in [0.717, 1.165) is 0 Å². The van der Waals surface area contributed by atoms with Gasteiger partial charge in [0.1, 0.15) is 5.82 Å². The molecule has 0 aromatic carbocycles. The number of nitrogen functional groups attached to an aromatic ring is 1. The zero-order chi connectivity index (χ0) is 12.0. The van der Waals surface area contributed by atoms with Crippen molar-refractivity contribution in [3.05, 3.63) is 18.1 Å². The maximum Gasteiger partial charge on any atom is 0.336 e. The van der Waals surface area contributed by atoms with Gasteiger partial charge in [0.05, 0.1) is 37.5 Å². The average Bonchev–Trinajstić information content (AvgIpc) is 2.22. The Kier molecular flexibility index (Phi) is 4.86. The molecule has 7 heteroatoms. The zero-order valence-corrected chi connectivity index (χ0v) is 10.3. The second kappa shape index (κ2) is 5.94. The van der Waals surface area contributed by atoms with E-state index in [0.29, 0.717) is 24.7 Å². The molecule has 2 N–H and O–H groups in total. The van der Waals surface area contributed by atoms with Gasteiger partial charge in [0.25, 0.3) is 0 Å². The van der Waals surface area contributed by atoms with Crippen LogP contribution < -0.4 is 5.73 Å². The summed E-state index contributed by atoms with van der Waals surface area (Å²) in [6.45, 7) is 4.19. The highest BCUT2D eigenvalue weighted by atomic mass is 31.2. The van der Waals surface area contributed by atoms with Crippen molar-refractivity contribution < 1.29 is 13.6 Å². The van der Waals surface area contributed by atoms with Gasteiger partial charge in [-0.25, -0.2) is 4.98 Å². The van der Waals surface area contributed by atoms with E-state index >= 15 is 0 Å². The van der Waals surface area contributed by atoms with Gasteiger partial charge in [-0.15, -0.1) is 0 Å². The fraction of sp³-hybridized carbons (Fsp3) is 0.556. The standard InChI is InChI=1S/C9H16N3O3P/c1-3-14-16(13,15-4-2)7-8-5-12-9(10)6-11-8/h5-6H,3-4,7H2,1-2H3,(H2,10,12). The topological polar surface area (TPSA) is 87.3 Å². The summed E-state index contributed by atoms with van der Waals surface area (Å²) in [4.78, 5) is 7.87. The second-order valence-corrected chi connectivity index (χ2v) is 5.09. The number of nitrogens with zero attached hydrogens (tertiary/aromatic N) is 2. The van der Waals surface area contributed by atoms with E-state index in [-0.39, 0.29) is 6.16 Å². The molecule has 1 heterocycles. The van der Waals surface area contributed by atoms with Crippen LogP contribution in [0.4, 0.5) is 5.82 Å². The highest BCUT2D eigenvalue weighted by Gasteiger charge is 2.24. The van der Waals surface area contributed by atoms with E-state index < -0.39 is 7.60 Å². The van der Waals surface area contributed by atoms with Crippen molar-refractivity contribution in [3.8, 4) is 0 Å². The van der Waals surface area contributed by atoms with Crippen molar-refractivity contribution in [2.45, 2.75) is 20.0 Å². The number of anilines is 1. The summed E-state index contributed by atoms with van der Waals surface area (Å²) in [6.07, 6.45) is 3.00. The normalized spacial score (nSPS) is 11.6. The lowest BCUT2D eigenvalue weighted by atomic mass is 10.5. The molecule has 90 valence electrons. The molecule has 0 aliphatic rings. The summed E-state index contributed by atoms with van der Waals surface area (Å²) in [5.41, 5.74) is 5.94. The van der Waals surface area contributed by atoms with Gasteiger partial charge in [0, 0.05) is 0 Å². The number of hydrogen-bond acceptors (Lipinski definition) is 6. The predicted octanol–water partition coefficient (Wildman–Crippen LogP) is 1.82. The summed E-state index contributed by atoms with van der Waals surface area (Å²) >= 11 is 0. The van der Waals surface area contributed by atoms with E-state index in [1.54, 1.807) is 13.8 Å². The van der Waals surface area contributed by atoms with Gasteiger partial charge in [-0.05, 0) is 13.8 Å². The predicted molar refractivity (Wildman–Crippen MR) is 61.0 cm³/mol. The van der Waals surface area contributed by atoms with Crippen LogP contribution in [0.2, 0.25) is 0 Å². The highest BCUT2D eigenvalue weighted by Crippen LogP contribution is 2.50. The Morgan fingerprint density at radius 1 is 1.25 bits per heavy atom. The number of rotatable bonds is 6. The molecule has 16 heavy (non-hydrogen) atoms. The van der Waals surface area contributed by atoms with Gasteiger partial charge >= 0.3 is 7.60 Å². The van der Waals surface area contributed by atoms with E-state index in [1.807, 2.05) is 0 Å². The first-order valence-electron chi connectivity index (χ1n) is 5.04. The third-order valence-corrected chi connectivity index (χ3v) is 3.75. The van der Waals surface area contributed by atoms with Gasteiger partial charge in [0.15, 0.2) is 0 Å². The molecule has 6 nitrogen and oxygen atoms in total. The molecule has 1 rings (SSSR count). The van der Waals surface area contributed by atoms with Crippen LogP contribution in [0.3, 0.4) is 0 Å². The first-order chi connectivity index (χ1) is 7.59. The van der Waals surface area contributed by atoms with Crippen LogP contribution in [-0.2, 0) is 19.8 Å². The Labute approximate surface area is 94.7 Å². The third-order valence-electron chi connectivity index (χ3n) is 1.73. The lowest BCUT2D eigenvalue weighted by Gasteiger charge is -2.16. The molecule has 0 amide bonds. The molecular weight excluding hydrogens is 229 g/mol. The summed E-state index contributed by atoms with van der Waals surface area (Å²) in [6, 6.07) is 0. The molecule has 0 bridgehead atoms. The van der Waals surface area contributed by atoms with Crippen molar-refractivity contribution >= 4 is 13.4 Å². The van der Waals surface area contributed by atoms with Crippen molar-refractivity contribution in [2.24, 2.45) is 0 Å². The molecule has 0 atom stereocenters. The Hall–Kier alpha value is -0.970. The fourth-order valence-corrected chi connectivity index (χ4v) is 2.77. The Balaban J connectivity index is 2.75. The molecule has 0 radical (unpaired) electrons. The smallest absolute Gasteiger partial charge is 0.336 e. The van der Waals surface area contributed by atoms with Gasteiger partial charge in [-0.2, -0.15) is 0 Å². The molecule has 1 aromatic rings. The van der Waals surface area contributed by atoms with Crippen molar-refractivity contribution in [2.75, 3.05) is 18.9 Å². The molecule has 0 saturated carbocycles. The van der Waals surface area contributed by atoms with Crippen LogP contribution in [-0.4, -0.2) is 23.2 Å². The van der Waals surface area contributed by atoms with E-state index in [2.05, 4.69) is 9.97 Å². The largest absolute Gasteiger partial charge is 0.382 e. The van der Waals surface area contributed by atoms with Crippen LogP contribution in [0.15, 0.2) is 12.4 Å². The zero-order valence-electron chi connectivity index (χ0n) is 9.42. The summed E-state index contributed by atoms with van der Waals surface area (Å²) < 4.78 is 22.4. The van der Waals surface area contributed by atoms with Crippen LogP contribution >= 0.6 is 7.60 Å². The Morgan fingerprint density at radius 2 is 1.88 bits per heavy atom. The Morgan fingerprint density at radius 3 is 2.31 bits per heavy atom. The lowest BCUT2D eigenvalue weighted by molar-refractivity contribution is 0.219. The maximum absolute atomic E-state index is 12.1. The summed E-state index contributed by atoms with van der Waals surface area (Å²) in [5.74, 6) is 0.325. The number of hydrogen-bond donors (Lipinski definition) is 1. The van der Waals surface area contributed by atoms with Gasteiger partial charge in [0.2, 0.25) is 0 Å². The van der Waals surface area contributed by atoms with Gasteiger partial charge in [-0.3, -0.25) is 9.55 Å². The van der Waals surface area contributed by atoms with Crippen molar-refractivity contribution in [1.82, 2.24) is 9.97 Å². The molecule has 1 aromatic heterocycles. The molecule has 0 aliphatic carbocycles. The monoisotopic (exact) mass is 245 g/mol. The van der Waals surface area contributed by atoms with Crippen LogP contribution in [0.5, 0.6) is 0 Å².